The van der Waals surface area contributed by atoms with E-state index in [2.05, 4.69) is 15.6 Å². The molecule has 1 aliphatic heterocycles. The van der Waals surface area contributed by atoms with Gasteiger partial charge in [-0.15, -0.1) is 24.0 Å². The Morgan fingerprint density at radius 3 is 2.50 bits per heavy atom. The molecule has 0 spiro atoms. The van der Waals surface area contributed by atoms with Crippen LogP contribution in [0.15, 0.2) is 29.3 Å². The van der Waals surface area contributed by atoms with Crippen molar-refractivity contribution in [1.29, 1.82) is 0 Å². The lowest BCUT2D eigenvalue weighted by Crippen LogP contribution is -2.39. The van der Waals surface area contributed by atoms with Crippen LogP contribution in [0.3, 0.4) is 0 Å². The summed E-state index contributed by atoms with van der Waals surface area (Å²) in [6, 6.07) is 7.65. The summed E-state index contributed by atoms with van der Waals surface area (Å²) in [6.45, 7) is 5.79. The molecule has 1 aliphatic rings. The number of nitrogens with zero attached hydrogens (tertiary/aromatic N) is 2. The fourth-order valence-corrected chi connectivity index (χ4v) is 2.64. The standard InChI is InChI=1S/C17H25ClN4O.HI/c1-2-19-17(21-13-14-5-7-15(18)8-6-14)20-10-9-16(23)22-11-3-4-12-22;/h5-8H,2-4,9-13H2,1H3,(H2,19,20,21);1H. The highest BCUT2D eigenvalue weighted by Gasteiger charge is 2.17. The predicted molar refractivity (Wildman–Crippen MR) is 110 cm³/mol. The van der Waals surface area contributed by atoms with Gasteiger partial charge in [-0.05, 0) is 37.5 Å². The number of amides is 1. The molecule has 0 aromatic heterocycles. The van der Waals surface area contributed by atoms with Crippen molar-refractivity contribution in [3.63, 3.8) is 0 Å². The monoisotopic (exact) mass is 464 g/mol. The van der Waals surface area contributed by atoms with Crippen molar-refractivity contribution in [2.75, 3.05) is 26.2 Å². The van der Waals surface area contributed by atoms with Crippen molar-refractivity contribution >= 4 is 47.4 Å². The number of halogens is 2. The smallest absolute Gasteiger partial charge is 0.224 e. The van der Waals surface area contributed by atoms with E-state index in [0.717, 1.165) is 49.0 Å². The molecule has 24 heavy (non-hydrogen) atoms. The zero-order chi connectivity index (χ0) is 16.5. The van der Waals surface area contributed by atoms with Crippen LogP contribution in [0, 0.1) is 0 Å². The summed E-state index contributed by atoms with van der Waals surface area (Å²) in [7, 11) is 0. The van der Waals surface area contributed by atoms with Crippen molar-refractivity contribution in [3.05, 3.63) is 34.9 Å². The van der Waals surface area contributed by atoms with Crippen LogP contribution in [-0.2, 0) is 11.3 Å². The van der Waals surface area contributed by atoms with Gasteiger partial charge in [-0.25, -0.2) is 4.99 Å². The van der Waals surface area contributed by atoms with Gasteiger partial charge in [-0.1, -0.05) is 23.7 Å². The van der Waals surface area contributed by atoms with Gasteiger partial charge in [-0.2, -0.15) is 0 Å². The highest BCUT2D eigenvalue weighted by atomic mass is 127. The molecule has 1 aromatic carbocycles. The van der Waals surface area contributed by atoms with Gasteiger partial charge in [0.05, 0.1) is 6.54 Å². The fraction of sp³-hybridized carbons (Fsp3) is 0.529. The molecule has 1 heterocycles. The Hall–Kier alpha value is -1.02. The maximum Gasteiger partial charge on any atom is 0.224 e. The van der Waals surface area contributed by atoms with Gasteiger partial charge < -0.3 is 15.5 Å². The Kier molecular flexibility index (Phi) is 10.1. The number of benzene rings is 1. The van der Waals surface area contributed by atoms with Crippen molar-refractivity contribution < 1.29 is 4.79 Å². The van der Waals surface area contributed by atoms with Gasteiger partial charge in [0, 0.05) is 37.6 Å². The zero-order valence-corrected chi connectivity index (χ0v) is 17.1. The maximum atomic E-state index is 12.0. The topological polar surface area (TPSA) is 56.7 Å². The largest absolute Gasteiger partial charge is 0.357 e. The molecule has 1 aromatic rings. The molecule has 5 nitrogen and oxygen atoms in total. The van der Waals surface area contributed by atoms with E-state index in [1.807, 2.05) is 36.1 Å². The van der Waals surface area contributed by atoms with E-state index >= 15 is 0 Å². The number of carbonyl (C=O) groups excluding carboxylic acids is 1. The molecule has 0 radical (unpaired) electrons. The Bertz CT molecular complexity index is 530. The second-order valence-corrected chi connectivity index (χ2v) is 6.02. The molecule has 0 bridgehead atoms. The normalized spacial score (nSPS) is 14.2. The second kappa shape index (κ2) is 11.5. The van der Waals surface area contributed by atoms with Crippen LogP contribution >= 0.6 is 35.6 Å². The summed E-state index contributed by atoms with van der Waals surface area (Å²) in [6.07, 6.45) is 2.76. The van der Waals surface area contributed by atoms with Crippen LogP contribution < -0.4 is 10.6 Å². The van der Waals surface area contributed by atoms with Crippen LogP contribution in [0.5, 0.6) is 0 Å². The van der Waals surface area contributed by atoms with Crippen molar-refractivity contribution in [2.45, 2.75) is 32.7 Å². The molecule has 0 aliphatic carbocycles. The molecule has 1 amide bonds. The number of likely N-dealkylation sites (tertiary alicyclic amines) is 1. The van der Waals surface area contributed by atoms with E-state index in [9.17, 15) is 4.79 Å². The first kappa shape index (κ1) is 21.0. The van der Waals surface area contributed by atoms with Crippen molar-refractivity contribution in [2.24, 2.45) is 4.99 Å². The summed E-state index contributed by atoms with van der Waals surface area (Å²) < 4.78 is 0. The summed E-state index contributed by atoms with van der Waals surface area (Å²) in [5.74, 6) is 0.959. The molecule has 7 heteroatoms. The lowest BCUT2D eigenvalue weighted by molar-refractivity contribution is -0.129. The van der Waals surface area contributed by atoms with Crippen LogP contribution in [0.25, 0.3) is 0 Å². The third-order valence-corrected chi connectivity index (χ3v) is 4.02. The van der Waals surface area contributed by atoms with E-state index in [0.29, 0.717) is 19.5 Å². The molecular formula is C17H26ClIN4O. The number of aliphatic imine (C=N–C) groups is 1. The van der Waals surface area contributed by atoms with Gasteiger partial charge in [0.25, 0.3) is 0 Å². The number of hydrogen-bond donors (Lipinski definition) is 2. The Morgan fingerprint density at radius 2 is 1.88 bits per heavy atom. The van der Waals surface area contributed by atoms with Gasteiger partial charge in [0.15, 0.2) is 5.96 Å². The molecule has 2 N–H and O–H groups in total. The maximum absolute atomic E-state index is 12.0. The first-order valence-corrected chi connectivity index (χ1v) is 8.61. The van der Waals surface area contributed by atoms with Gasteiger partial charge in [0.2, 0.25) is 5.91 Å². The number of nitrogens with one attached hydrogen (secondary N) is 2. The van der Waals surface area contributed by atoms with Crippen molar-refractivity contribution in [1.82, 2.24) is 15.5 Å². The van der Waals surface area contributed by atoms with Crippen molar-refractivity contribution in [3.8, 4) is 0 Å². The summed E-state index contributed by atoms with van der Waals surface area (Å²) in [4.78, 5) is 18.5. The first-order chi connectivity index (χ1) is 11.2. The minimum Gasteiger partial charge on any atom is -0.357 e. The molecule has 1 fully saturated rings. The molecule has 0 saturated carbocycles. The summed E-state index contributed by atoms with van der Waals surface area (Å²) in [5.41, 5.74) is 1.10. The number of guanidine groups is 1. The number of carbonyl (C=O) groups is 1. The predicted octanol–water partition coefficient (Wildman–Crippen LogP) is 3.03. The van der Waals surface area contributed by atoms with Gasteiger partial charge >= 0.3 is 0 Å². The van der Waals surface area contributed by atoms with Crippen LogP contribution in [0.4, 0.5) is 0 Å². The molecule has 0 atom stereocenters. The second-order valence-electron chi connectivity index (χ2n) is 5.59. The zero-order valence-electron chi connectivity index (χ0n) is 14.1. The van der Waals surface area contributed by atoms with E-state index in [1.165, 1.54) is 0 Å². The lowest BCUT2D eigenvalue weighted by atomic mass is 10.2. The molecule has 134 valence electrons. The van der Waals surface area contributed by atoms with Gasteiger partial charge in [0.1, 0.15) is 0 Å². The first-order valence-electron chi connectivity index (χ1n) is 8.23. The minimum atomic E-state index is 0. The fourth-order valence-electron chi connectivity index (χ4n) is 2.51. The quantitative estimate of drug-likeness (QED) is 0.387. The molecular weight excluding hydrogens is 439 g/mol. The average Bonchev–Trinajstić information content (AvgIpc) is 3.08. The highest BCUT2D eigenvalue weighted by Crippen LogP contribution is 2.10. The SMILES string of the molecule is CCNC(=NCc1ccc(Cl)cc1)NCCC(=O)N1CCCC1.I. The summed E-state index contributed by atoms with van der Waals surface area (Å²) >= 11 is 5.88. The van der Waals surface area contributed by atoms with E-state index < -0.39 is 0 Å². The van der Waals surface area contributed by atoms with Crippen LogP contribution in [0.1, 0.15) is 31.7 Å². The minimum absolute atomic E-state index is 0. The number of hydrogen-bond acceptors (Lipinski definition) is 2. The molecule has 0 unspecified atom stereocenters. The third-order valence-electron chi connectivity index (χ3n) is 3.77. The molecule has 1 saturated heterocycles. The van der Waals surface area contributed by atoms with Gasteiger partial charge in [-0.3, -0.25) is 4.79 Å². The van der Waals surface area contributed by atoms with Crippen LogP contribution in [-0.4, -0.2) is 42.9 Å². The van der Waals surface area contributed by atoms with E-state index in [-0.39, 0.29) is 29.9 Å². The Labute approximate surface area is 166 Å². The Balaban J connectivity index is 0.00000288. The Morgan fingerprint density at radius 1 is 1.21 bits per heavy atom. The van der Waals surface area contributed by atoms with Crippen LogP contribution in [0.2, 0.25) is 5.02 Å². The average molecular weight is 465 g/mol. The lowest BCUT2D eigenvalue weighted by Gasteiger charge is -2.16. The number of rotatable bonds is 6. The van der Waals surface area contributed by atoms with E-state index in [1.54, 1.807) is 0 Å². The highest BCUT2D eigenvalue weighted by molar-refractivity contribution is 14.0. The third kappa shape index (κ3) is 7.25. The summed E-state index contributed by atoms with van der Waals surface area (Å²) in [5, 5.41) is 7.14. The molecule has 2 rings (SSSR count). The van der Waals surface area contributed by atoms with E-state index in [4.69, 9.17) is 11.6 Å².